The zero-order chi connectivity index (χ0) is 46.5. The van der Waals surface area contributed by atoms with E-state index in [0.29, 0.717) is 50.0 Å². The maximum atomic E-state index is 14.4. The lowest BCUT2D eigenvalue weighted by Crippen LogP contribution is -2.22. The minimum Gasteiger partial charge on any atom is -0.507 e. The average molecular weight is 1100 g/mol. The van der Waals surface area contributed by atoms with Crippen LogP contribution in [0.1, 0.15) is 50.7 Å². The number of ether oxygens (including phenoxy) is 3. The Kier molecular flexibility index (Phi) is 19.8. The van der Waals surface area contributed by atoms with Gasteiger partial charge in [-0.15, -0.1) is 10.2 Å². The second-order valence-electron chi connectivity index (χ2n) is 17.7. The Morgan fingerprint density at radius 2 is 1.08 bits per heavy atom. The van der Waals surface area contributed by atoms with Crippen molar-refractivity contribution in [3.63, 3.8) is 0 Å². The zero-order valence-corrected chi connectivity index (χ0v) is 44.2. The summed E-state index contributed by atoms with van der Waals surface area (Å²) in [4.78, 5) is 16.4. The summed E-state index contributed by atoms with van der Waals surface area (Å²) in [5, 5.41) is 18.6. The normalized spacial score (nSPS) is 11.6. The van der Waals surface area contributed by atoms with Gasteiger partial charge in [-0.2, -0.15) is 14.6 Å². The van der Waals surface area contributed by atoms with Crippen molar-refractivity contribution in [3.8, 4) is 39.8 Å². The number of hydrogen-bond acceptors (Lipinski definition) is 10. The molecular weight excluding hydrogens is 1040 g/mol. The number of benzene rings is 2. The van der Waals surface area contributed by atoms with E-state index in [1.165, 1.54) is 30.3 Å². The SMILES string of the molecule is CC(C)c1cc(F)cc(-c2ccncc2)c1O.CC(C)c1cc(F)cc(-c2ccncc2)c1Oc1nc(Br)nn1COCC[Si](C)(C)C.C[Si](C)(C)CCOCn1nc(Br)nc1Br. The van der Waals surface area contributed by atoms with Crippen LogP contribution in [0.4, 0.5) is 8.78 Å². The molecule has 63 heavy (non-hydrogen) atoms. The molecule has 6 aromatic rings. The fourth-order valence-corrected chi connectivity index (χ4v) is 8.51. The Labute approximate surface area is 396 Å². The predicted octanol–water partition coefficient (Wildman–Crippen LogP) is 13.3. The standard InChI is InChI=1S/C22H28BrFN4O2Si.C14H14FNO.C8H15Br2N3OSi/c1-15(2)18-12-17(24)13-19(16-6-8-25-9-7-16)20(18)30-22-26-21(23)27-28(22)14-29-10-11-31(3,4)5;1-9(2)12-7-11(15)8-13(14(12)17)10-3-5-16-6-4-10;1-15(2,3)5-4-14-6-13-8(10)11-7(9)12-13/h6-9,12-13,15H,10-11,14H2,1-5H3;3-9,17H,1-2H3;4-6H2,1-3H3. The fraction of sp³-hybridized carbons (Fsp3) is 0.409. The number of nitrogens with zero attached hydrogens (tertiary/aromatic N) is 8. The Hall–Kier alpha value is -3.73. The second-order valence-corrected chi connectivity index (χ2v) is 31.0. The third-order valence-corrected chi connectivity index (χ3v) is 13.9. The van der Waals surface area contributed by atoms with E-state index in [1.807, 2.05) is 39.8 Å². The minimum absolute atomic E-state index is 0.0408. The van der Waals surface area contributed by atoms with Crippen LogP contribution < -0.4 is 4.74 Å². The Morgan fingerprint density at radius 1 is 0.635 bits per heavy atom. The van der Waals surface area contributed by atoms with Crippen molar-refractivity contribution in [3.05, 3.63) is 110 Å². The highest BCUT2D eigenvalue weighted by molar-refractivity contribution is 9.11. The number of phenolic OH excluding ortho intramolecular Hbond substituents is 1. The Morgan fingerprint density at radius 3 is 1.56 bits per heavy atom. The van der Waals surface area contributed by atoms with Crippen LogP contribution in [0.5, 0.6) is 17.5 Å². The largest absolute Gasteiger partial charge is 0.507 e. The van der Waals surface area contributed by atoms with Crippen LogP contribution in [0.15, 0.2) is 87.5 Å². The Bertz CT molecular complexity index is 2360. The molecule has 12 nitrogen and oxygen atoms in total. The summed E-state index contributed by atoms with van der Waals surface area (Å²) >= 11 is 9.82. The van der Waals surface area contributed by atoms with Crippen LogP contribution in [0.2, 0.25) is 51.4 Å². The highest BCUT2D eigenvalue weighted by Crippen LogP contribution is 2.40. The number of hydrogen-bond donors (Lipinski definition) is 1. The lowest BCUT2D eigenvalue weighted by atomic mass is 9.95. The Balaban J connectivity index is 0.000000229. The highest BCUT2D eigenvalue weighted by Gasteiger charge is 2.22. The molecule has 340 valence electrons. The van der Waals surface area contributed by atoms with Crippen molar-refractivity contribution in [2.24, 2.45) is 0 Å². The van der Waals surface area contributed by atoms with Gasteiger partial charge in [0.05, 0.1) is 0 Å². The van der Waals surface area contributed by atoms with Crippen molar-refractivity contribution >= 4 is 63.9 Å². The summed E-state index contributed by atoms with van der Waals surface area (Å²) < 4.78 is 50.5. The second kappa shape index (κ2) is 24.0. The summed E-state index contributed by atoms with van der Waals surface area (Å²) in [5.74, 6) is 0.155. The molecule has 0 amide bonds. The van der Waals surface area contributed by atoms with E-state index in [9.17, 15) is 13.9 Å². The van der Waals surface area contributed by atoms with Crippen LogP contribution >= 0.6 is 47.8 Å². The highest BCUT2D eigenvalue weighted by atomic mass is 79.9. The molecule has 0 fully saturated rings. The molecule has 1 N–H and O–H groups in total. The lowest BCUT2D eigenvalue weighted by Gasteiger charge is -2.18. The van der Waals surface area contributed by atoms with Crippen LogP contribution in [-0.2, 0) is 22.9 Å². The maximum Gasteiger partial charge on any atom is 0.323 e. The molecule has 2 aromatic carbocycles. The number of aromatic hydroxyl groups is 1. The first-order valence-corrected chi connectivity index (χ1v) is 30.3. The van der Waals surface area contributed by atoms with Gasteiger partial charge in [-0.1, -0.05) is 67.0 Å². The van der Waals surface area contributed by atoms with Gasteiger partial charge >= 0.3 is 6.01 Å². The molecule has 19 heteroatoms. The van der Waals surface area contributed by atoms with E-state index < -0.39 is 16.1 Å². The molecule has 0 saturated carbocycles. The minimum atomic E-state index is -1.19. The topological polar surface area (TPSA) is 135 Å². The van der Waals surface area contributed by atoms with E-state index in [-0.39, 0.29) is 42.0 Å². The van der Waals surface area contributed by atoms with Crippen LogP contribution in [0.3, 0.4) is 0 Å². The molecule has 0 saturated heterocycles. The quantitative estimate of drug-likeness (QED) is 0.0737. The van der Waals surface area contributed by atoms with Gasteiger partial charge in [0.2, 0.25) is 9.47 Å². The van der Waals surface area contributed by atoms with Gasteiger partial charge in [0.15, 0.2) is 4.73 Å². The van der Waals surface area contributed by atoms with E-state index >= 15 is 0 Å². The van der Waals surface area contributed by atoms with Crippen molar-refractivity contribution in [1.82, 2.24) is 39.5 Å². The molecule has 0 aliphatic rings. The molecule has 0 aliphatic carbocycles. The maximum absolute atomic E-state index is 14.4. The number of aromatic nitrogens is 8. The third-order valence-electron chi connectivity index (χ3n) is 9.24. The summed E-state index contributed by atoms with van der Waals surface area (Å²) in [5.41, 5.74) is 4.09. The first kappa shape index (κ1) is 51.9. The monoisotopic (exact) mass is 1090 g/mol. The first-order chi connectivity index (χ1) is 29.6. The molecule has 4 aromatic heterocycles. The number of phenols is 1. The molecule has 6 rings (SSSR count). The van der Waals surface area contributed by atoms with Crippen LogP contribution in [0.25, 0.3) is 22.3 Å². The van der Waals surface area contributed by atoms with Crippen LogP contribution in [0, 0.1) is 11.6 Å². The van der Waals surface area contributed by atoms with Gasteiger partial charge in [0.1, 0.15) is 36.6 Å². The molecule has 0 unspecified atom stereocenters. The van der Waals surface area contributed by atoms with Gasteiger partial charge in [0.25, 0.3) is 0 Å². The molecule has 0 bridgehead atoms. The van der Waals surface area contributed by atoms with Gasteiger partial charge < -0.3 is 19.3 Å². The van der Waals surface area contributed by atoms with Crippen molar-refractivity contribution in [2.45, 2.75) is 104 Å². The van der Waals surface area contributed by atoms with E-state index in [0.717, 1.165) is 29.3 Å². The zero-order valence-electron chi connectivity index (χ0n) is 37.5. The molecule has 4 heterocycles. The van der Waals surface area contributed by atoms with Gasteiger partial charge in [-0.25, -0.2) is 13.5 Å². The average Bonchev–Trinajstić information content (AvgIpc) is 3.74. The van der Waals surface area contributed by atoms with Crippen LogP contribution in [-0.4, -0.2) is 74.0 Å². The van der Waals surface area contributed by atoms with E-state index in [1.54, 1.807) is 46.3 Å². The number of rotatable bonds is 16. The fourth-order valence-electron chi connectivity index (χ4n) is 5.71. The summed E-state index contributed by atoms with van der Waals surface area (Å²) in [7, 11) is -2.18. The van der Waals surface area contributed by atoms with Crippen molar-refractivity contribution in [1.29, 1.82) is 0 Å². The molecular formula is C44H57Br3F2N8O4Si2. The molecule has 0 aliphatic heterocycles. The molecule has 0 atom stereocenters. The summed E-state index contributed by atoms with van der Waals surface area (Å²) in [6.45, 7) is 23.9. The van der Waals surface area contributed by atoms with Gasteiger partial charge in [-0.05, 0) is 137 Å². The molecule has 0 spiro atoms. The van der Waals surface area contributed by atoms with Crippen molar-refractivity contribution < 1.29 is 28.1 Å². The van der Waals surface area contributed by atoms with Gasteiger partial charge in [-0.3, -0.25) is 9.97 Å². The third kappa shape index (κ3) is 17.0. The van der Waals surface area contributed by atoms with Crippen molar-refractivity contribution in [2.75, 3.05) is 13.2 Å². The lowest BCUT2D eigenvalue weighted by molar-refractivity contribution is 0.0727. The number of halogens is 5. The van der Waals surface area contributed by atoms with E-state index in [2.05, 4.69) is 117 Å². The summed E-state index contributed by atoms with van der Waals surface area (Å²) in [6.07, 6.45) is 6.58. The molecule has 0 radical (unpaired) electrons. The smallest absolute Gasteiger partial charge is 0.323 e. The van der Waals surface area contributed by atoms with E-state index in [4.69, 9.17) is 14.2 Å². The first-order valence-electron chi connectivity index (χ1n) is 20.5. The number of pyridine rings is 2. The summed E-state index contributed by atoms with van der Waals surface area (Å²) in [6, 6.07) is 15.3. The van der Waals surface area contributed by atoms with Gasteiger partial charge in [0, 0.05) is 70.8 Å². The predicted molar refractivity (Wildman–Crippen MR) is 261 cm³/mol.